The molecule has 2 atom stereocenters. The van der Waals surface area contributed by atoms with Crippen LogP contribution in [0.3, 0.4) is 0 Å². The molecule has 0 amide bonds. The van der Waals surface area contributed by atoms with Crippen molar-refractivity contribution in [3.8, 4) is 0 Å². The van der Waals surface area contributed by atoms with Gasteiger partial charge in [0.15, 0.2) is 0 Å². The van der Waals surface area contributed by atoms with Crippen LogP contribution in [0.4, 0.5) is 0 Å². The van der Waals surface area contributed by atoms with Gasteiger partial charge in [0.25, 0.3) is 0 Å². The minimum atomic E-state index is 0.121. The highest BCUT2D eigenvalue weighted by Gasteiger charge is 2.08. The summed E-state index contributed by atoms with van der Waals surface area (Å²) >= 11 is 0. The van der Waals surface area contributed by atoms with Gasteiger partial charge in [0.2, 0.25) is 0 Å². The lowest BCUT2D eigenvalue weighted by atomic mass is 9.99. The average Bonchev–Trinajstić information content (AvgIpc) is 2.64. The van der Waals surface area contributed by atoms with Gasteiger partial charge in [0.1, 0.15) is 5.82 Å². The van der Waals surface area contributed by atoms with Crippen molar-refractivity contribution in [3.05, 3.63) is 17.7 Å². The second-order valence-electron chi connectivity index (χ2n) is 4.47. The lowest BCUT2D eigenvalue weighted by molar-refractivity contribution is 0.463. The minimum absolute atomic E-state index is 0.121. The summed E-state index contributed by atoms with van der Waals surface area (Å²) < 4.78 is 0. The van der Waals surface area contributed by atoms with Crippen LogP contribution in [0.15, 0.2) is 6.20 Å². The number of aromatic amines is 1. The molecule has 1 heterocycles. The number of aromatic nitrogens is 2. The number of nitrogens with zero attached hydrogens (tertiary/aromatic N) is 1. The number of aryl methyl sites for hydroxylation is 1. The van der Waals surface area contributed by atoms with E-state index >= 15 is 0 Å². The third kappa shape index (κ3) is 4.04. The summed E-state index contributed by atoms with van der Waals surface area (Å²) in [4.78, 5) is 7.35. The molecule has 0 spiro atoms. The molecule has 0 saturated carbocycles. The quantitative estimate of drug-likeness (QED) is 0.757. The molecular weight excluding hydrogens is 186 g/mol. The summed E-state index contributed by atoms with van der Waals surface area (Å²) in [5, 5.41) is 0. The Hall–Kier alpha value is -0.830. The van der Waals surface area contributed by atoms with Crippen LogP contribution in [-0.2, 0) is 0 Å². The maximum atomic E-state index is 6.06. The fourth-order valence-electron chi connectivity index (χ4n) is 1.67. The van der Waals surface area contributed by atoms with Crippen LogP contribution in [0.5, 0.6) is 0 Å². The van der Waals surface area contributed by atoms with E-state index in [-0.39, 0.29) is 6.04 Å². The van der Waals surface area contributed by atoms with Gasteiger partial charge in [0.05, 0.1) is 5.69 Å². The van der Waals surface area contributed by atoms with E-state index in [1.807, 2.05) is 13.1 Å². The lowest BCUT2D eigenvalue weighted by Gasteiger charge is -2.11. The molecule has 15 heavy (non-hydrogen) atoms. The maximum Gasteiger partial charge on any atom is 0.103 e. The molecule has 0 aromatic carbocycles. The molecular formula is C12H23N3. The lowest BCUT2D eigenvalue weighted by Crippen LogP contribution is -2.11. The van der Waals surface area contributed by atoms with Crippen LogP contribution < -0.4 is 5.73 Å². The first-order valence-corrected chi connectivity index (χ1v) is 5.90. The molecule has 0 aliphatic carbocycles. The van der Waals surface area contributed by atoms with E-state index in [9.17, 15) is 0 Å². The monoisotopic (exact) mass is 209 g/mol. The Morgan fingerprint density at radius 3 is 2.73 bits per heavy atom. The molecule has 0 saturated heterocycles. The minimum Gasteiger partial charge on any atom is -0.345 e. The van der Waals surface area contributed by atoms with Crippen molar-refractivity contribution in [1.82, 2.24) is 9.97 Å². The van der Waals surface area contributed by atoms with Crippen LogP contribution in [0.1, 0.15) is 57.1 Å². The Morgan fingerprint density at radius 1 is 1.47 bits per heavy atom. The van der Waals surface area contributed by atoms with Gasteiger partial charge >= 0.3 is 0 Å². The van der Waals surface area contributed by atoms with Crippen LogP contribution in [-0.4, -0.2) is 9.97 Å². The second-order valence-corrected chi connectivity index (χ2v) is 4.47. The second kappa shape index (κ2) is 5.91. The van der Waals surface area contributed by atoms with Gasteiger partial charge < -0.3 is 10.7 Å². The maximum absolute atomic E-state index is 6.06. The summed E-state index contributed by atoms with van der Waals surface area (Å²) in [5.41, 5.74) is 7.13. The Morgan fingerprint density at radius 2 is 2.20 bits per heavy atom. The zero-order chi connectivity index (χ0) is 11.3. The van der Waals surface area contributed by atoms with E-state index in [1.165, 1.54) is 19.3 Å². The van der Waals surface area contributed by atoms with E-state index in [4.69, 9.17) is 5.73 Å². The van der Waals surface area contributed by atoms with E-state index < -0.39 is 0 Å². The highest BCUT2D eigenvalue weighted by molar-refractivity contribution is 5.04. The van der Waals surface area contributed by atoms with Crippen molar-refractivity contribution in [3.63, 3.8) is 0 Å². The topological polar surface area (TPSA) is 54.7 Å². The highest BCUT2D eigenvalue weighted by atomic mass is 14.9. The van der Waals surface area contributed by atoms with Gasteiger partial charge in [-0.2, -0.15) is 0 Å². The van der Waals surface area contributed by atoms with E-state index in [0.717, 1.165) is 23.9 Å². The first kappa shape index (κ1) is 12.2. The van der Waals surface area contributed by atoms with Crippen molar-refractivity contribution in [2.24, 2.45) is 11.7 Å². The molecule has 2 unspecified atom stereocenters. The van der Waals surface area contributed by atoms with Gasteiger partial charge in [-0.1, -0.05) is 33.1 Å². The van der Waals surface area contributed by atoms with E-state index in [0.29, 0.717) is 0 Å². The number of nitrogens with one attached hydrogen (secondary N) is 1. The third-order valence-corrected chi connectivity index (χ3v) is 3.03. The van der Waals surface area contributed by atoms with Crippen molar-refractivity contribution in [2.45, 2.75) is 52.5 Å². The fourth-order valence-corrected chi connectivity index (χ4v) is 1.67. The summed E-state index contributed by atoms with van der Waals surface area (Å²) in [7, 11) is 0. The molecule has 1 rings (SSSR count). The fraction of sp³-hybridized carbons (Fsp3) is 0.750. The summed E-state index contributed by atoms with van der Waals surface area (Å²) in [5.74, 6) is 1.77. The van der Waals surface area contributed by atoms with Crippen molar-refractivity contribution >= 4 is 0 Å². The average molecular weight is 209 g/mol. The Kier molecular flexibility index (Phi) is 4.82. The summed E-state index contributed by atoms with van der Waals surface area (Å²) in [6.45, 7) is 6.49. The Balaban J connectivity index is 2.27. The molecule has 0 fully saturated rings. The number of hydrogen-bond acceptors (Lipinski definition) is 2. The van der Waals surface area contributed by atoms with Crippen molar-refractivity contribution < 1.29 is 0 Å². The first-order chi connectivity index (χ1) is 7.13. The molecule has 3 heteroatoms. The largest absolute Gasteiger partial charge is 0.345 e. The van der Waals surface area contributed by atoms with Crippen LogP contribution in [0.2, 0.25) is 0 Å². The summed E-state index contributed by atoms with van der Waals surface area (Å²) in [6, 6.07) is 0.121. The van der Waals surface area contributed by atoms with Crippen LogP contribution in [0.25, 0.3) is 0 Å². The van der Waals surface area contributed by atoms with Gasteiger partial charge in [0, 0.05) is 12.2 Å². The van der Waals surface area contributed by atoms with Crippen LogP contribution >= 0.6 is 0 Å². The number of imidazole rings is 1. The van der Waals surface area contributed by atoms with Gasteiger partial charge in [-0.3, -0.25) is 0 Å². The van der Waals surface area contributed by atoms with Crippen LogP contribution in [0, 0.1) is 12.8 Å². The molecule has 1 aromatic rings. The normalized spacial score (nSPS) is 15.2. The van der Waals surface area contributed by atoms with Gasteiger partial charge in [-0.25, -0.2) is 4.98 Å². The molecule has 0 aliphatic rings. The smallest absolute Gasteiger partial charge is 0.103 e. The van der Waals surface area contributed by atoms with E-state index in [2.05, 4.69) is 23.8 Å². The summed E-state index contributed by atoms with van der Waals surface area (Å²) in [6.07, 6.45) is 6.64. The molecule has 0 radical (unpaired) electrons. The van der Waals surface area contributed by atoms with Gasteiger partial charge in [-0.15, -0.1) is 0 Å². The number of hydrogen-bond donors (Lipinski definition) is 2. The highest BCUT2D eigenvalue weighted by Crippen LogP contribution is 2.18. The standard InChI is InChI=1S/C12H23N3/c1-4-9(2)6-5-7-11(13)12-8-14-10(3)15-12/h8-9,11H,4-7,13H2,1-3H3,(H,14,15). The zero-order valence-corrected chi connectivity index (χ0v) is 10.1. The molecule has 3 nitrogen and oxygen atoms in total. The van der Waals surface area contributed by atoms with Crippen molar-refractivity contribution in [2.75, 3.05) is 0 Å². The molecule has 0 bridgehead atoms. The number of nitrogens with two attached hydrogens (primary N) is 1. The number of H-pyrrole nitrogens is 1. The van der Waals surface area contributed by atoms with Gasteiger partial charge in [-0.05, 0) is 19.3 Å². The Labute approximate surface area is 92.5 Å². The number of rotatable bonds is 6. The zero-order valence-electron chi connectivity index (χ0n) is 10.1. The van der Waals surface area contributed by atoms with Crippen molar-refractivity contribution in [1.29, 1.82) is 0 Å². The third-order valence-electron chi connectivity index (χ3n) is 3.03. The van der Waals surface area contributed by atoms with E-state index in [1.54, 1.807) is 0 Å². The first-order valence-electron chi connectivity index (χ1n) is 5.90. The molecule has 86 valence electrons. The predicted molar refractivity (Wildman–Crippen MR) is 63.6 cm³/mol. The Bertz CT molecular complexity index is 280. The SMILES string of the molecule is CCC(C)CCCC(N)c1cnc(C)[nH]1. The predicted octanol–water partition coefficient (Wildman–Crippen LogP) is 2.93. The molecule has 0 aliphatic heterocycles. The molecule has 3 N–H and O–H groups in total. The molecule has 1 aromatic heterocycles.